The second-order valence-corrected chi connectivity index (χ2v) is 7.70. The molecule has 0 spiro atoms. The van der Waals surface area contributed by atoms with Gasteiger partial charge < -0.3 is 4.90 Å². The third-order valence-electron chi connectivity index (χ3n) is 5.41. The zero-order valence-corrected chi connectivity index (χ0v) is 12.2. The molecule has 4 fully saturated rings. The minimum Gasteiger partial charge on any atom is -0.344 e. The summed E-state index contributed by atoms with van der Waals surface area (Å²) in [6.07, 6.45) is 6.70. The predicted molar refractivity (Wildman–Crippen MR) is 73.5 cm³/mol. The molecule has 4 saturated carbocycles. The Morgan fingerprint density at radius 1 is 1.17 bits per heavy atom. The van der Waals surface area contributed by atoms with Gasteiger partial charge in [0, 0.05) is 24.9 Å². The summed E-state index contributed by atoms with van der Waals surface area (Å²) in [4.78, 5) is 14.5. The lowest BCUT2D eigenvalue weighted by molar-refractivity contribution is -0.147. The van der Waals surface area contributed by atoms with E-state index in [0.717, 1.165) is 11.8 Å². The van der Waals surface area contributed by atoms with Gasteiger partial charge in [0.25, 0.3) is 0 Å². The largest absolute Gasteiger partial charge is 0.344 e. The number of amides is 1. The minimum absolute atomic E-state index is 0.0517. The van der Waals surface area contributed by atoms with E-state index in [4.69, 9.17) is 11.6 Å². The van der Waals surface area contributed by atoms with Crippen molar-refractivity contribution in [2.24, 2.45) is 29.6 Å². The van der Waals surface area contributed by atoms with Crippen molar-refractivity contribution in [3.8, 4) is 0 Å². The number of carbonyl (C=O) groups is 1. The molecule has 0 aromatic rings. The maximum atomic E-state index is 12.6. The molecule has 3 heteroatoms. The summed E-state index contributed by atoms with van der Waals surface area (Å²) in [6, 6.07) is 0. The molecule has 0 aliphatic heterocycles. The Kier molecular flexibility index (Phi) is 3.34. The van der Waals surface area contributed by atoms with E-state index in [1.807, 2.05) is 18.9 Å². The number of hydrogen-bond donors (Lipinski definition) is 0. The van der Waals surface area contributed by atoms with Crippen LogP contribution in [0.5, 0.6) is 0 Å². The molecule has 102 valence electrons. The molecule has 0 aromatic carbocycles. The molecule has 0 radical (unpaired) electrons. The summed E-state index contributed by atoms with van der Waals surface area (Å²) >= 11 is 6.01. The molecule has 1 atom stereocenters. The summed E-state index contributed by atoms with van der Waals surface area (Å²) in [7, 11) is 1.92. The molecule has 4 bridgehead atoms. The molecule has 2 nitrogen and oxygen atoms in total. The van der Waals surface area contributed by atoms with Crippen molar-refractivity contribution in [2.45, 2.75) is 44.4 Å². The van der Waals surface area contributed by atoms with Crippen molar-refractivity contribution in [3.05, 3.63) is 0 Å². The molecule has 4 aliphatic rings. The minimum atomic E-state index is 0.0517. The SMILES string of the molecule is CC(Cl)CN(C)C(=O)C1C2CC3CC(C2)CC1C3. The highest BCUT2D eigenvalue weighted by molar-refractivity contribution is 6.20. The van der Waals surface area contributed by atoms with Gasteiger partial charge in [0.1, 0.15) is 0 Å². The zero-order chi connectivity index (χ0) is 12.9. The molecule has 0 heterocycles. The maximum absolute atomic E-state index is 12.6. The highest BCUT2D eigenvalue weighted by atomic mass is 35.5. The summed E-state index contributed by atoms with van der Waals surface area (Å²) in [5.41, 5.74) is 0. The Hall–Kier alpha value is -0.240. The van der Waals surface area contributed by atoms with E-state index in [1.165, 1.54) is 32.1 Å². The van der Waals surface area contributed by atoms with Gasteiger partial charge in [-0.1, -0.05) is 0 Å². The number of rotatable bonds is 3. The van der Waals surface area contributed by atoms with Crippen molar-refractivity contribution < 1.29 is 4.79 Å². The van der Waals surface area contributed by atoms with Crippen LogP contribution in [0, 0.1) is 29.6 Å². The van der Waals surface area contributed by atoms with Crippen LogP contribution in [-0.2, 0) is 4.79 Å². The Balaban J connectivity index is 1.70. The van der Waals surface area contributed by atoms with Crippen molar-refractivity contribution in [1.29, 1.82) is 0 Å². The zero-order valence-electron chi connectivity index (χ0n) is 11.4. The van der Waals surface area contributed by atoms with Crippen LogP contribution in [0.25, 0.3) is 0 Å². The molecule has 0 N–H and O–H groups in total. The number of nitrogens with zero attached hydrogens (tertiary/aromatic N) is 1. The first-order valence-corrected chi connectivity index (χ1v) is 7.87. The van der Waals surface area contributed by atoms with Crippen LogP contribution in [-0.4, -0.2) is 29.8 Å². The van der Waals surface area contributed by atoms with Gasteiger partial charge in [0.15, 0.2) is 0 Å². The second-order valence-electron chi connectivity index (χ2n) is 6.96. The van der Waals surface area contributed by atoms with Crippen molar-refractivity contribution >= 4 is 17.5 Å². The summed E-state index contributed by atoms with van der Waals surface area (Å²) in [5, 5.41) is 0.0517. The Bertz CT molecular complexity index is 313. The average Bonchev–Trinajstić information content (AvgIpc) is 2.26. The van der Waals surface area contributed by atoms with Crippen LogP contribution < -0.4 is 0 Å². The van der Waals surface area contributed by atoms with E-state index in [0.29, 0.717) is 30.2 Å². The highest BCUT2D eigenvalue weighted by Crippen LogP contribution is 2.56. The van der Waals surface area contributed by atoms with E-state index in [9.17, 15) is 4.79 Å². The average molecular weight is 270 g/mol. The molecule has 4 aliphatic carbocycles. The van der Waals surface area contributed by atoms with Gasteiger partial charge in [0.2, 0.25) is 5.91 Å². The first-order chi connectivity index (χ1) is 8.54. The van der Waals surface area contributed by atoms with Crippen molar-refractivity contribution in [1.82, 2.24) is 4.90 Å². The van der Waals surface area contributed by atoms with Crippen LogP contribution in [0.2, 0.25) is 0 Å². The molecule has 0 aromatic heterocycles. The fraction of sp³-hybridized carbons (Fsp3) is 0.933. The molecular weight excluding hydrogens is 246 g/mol. The van der Waals surface area contributed by atoms with Crippen LogP contribution in [0.3, 0.4) is 0 Å². The molecule has 18 heavy (non-hydrogen) atoms. The predicted octanol–water partition coefficient (Wildman–Crippen LogP) is 3.14. The van der Waals surface area contributed by atoms with E-state index >= 15 is 0 Å². The summed E-state index contributed by atoms with van der Waals surface area (Å²) in [5.74, 6) is 3.93. The molecule has 0 saturated heterocycles. The number of halogens is 1. The Morgan fingerprint density at radius 2 is 1.67 bits per heavy atom. The van der Waals surface area contributed by atoms with Gasteiger partial charge in [-0.15, -0.1) is 11.6 Å². The summed E-state index contributed by atoms with van der Waals surface area (Å²) in [6.45, 7) is 2.64. The highest BCUT2D eigenvalue weighted by Gasteiger charge is 2.51. The standard InChI is InChI=1S/C15H24ClNO/c1-9(16)8-17(2)15(18)14-12-4-10-3-11(6-12)7-13(14)5-10/h9-14H,3-8H2,1-2H3. The number of carbonyl (C=O) groups excluding carboxylic acids is 1. The van der Waals surface area contributed by atoms with Crippen LogP contribution in [0.1, 0.15) is 39.0 Å². The van der Waals surface area contributed by atoms with Gasteiger partial charge in [-0.25, -0.2) is 0 Å². The van der Waals surface area contributed by atoms with Crippen LogP contribution in [0.15, 0.2) is 0 Å². The molecule has 1 unspecified atom stereocenters. The van der Waals surface area contributed by atoms with E-state index in [-0.39, 0.29) is 5.38 Å². The van der Waals surface area contributed by atoms with E-state index < -0.39 is 0 Å². The van der Waals surface area contributed by atoms with Gasteiger partial charge in [-0.3, -0.25) is 4.79 Å². The fourth-order valence-electron chi connectivity index (χ4n) is 5.05. The molecule has 4 rings (SSSR count). The Labute approximate surface area is 115 Å². The number of alkyl halides is 1. The van der Waals surface area contributed by atoms with E-state index in [2.05, 4.69) is 0 Å². The quantitative estimate of drug-likeness (QED) is 0.721. The third-order valence-corrected chi connectivity index (χ3v) is 5.55. The second kappa shape index (κ2) is 4.70. The smallest absolute Gasteiger partial charge is 0.226 e. The maximum Gasteiger partial charge on any atom is 0.226 e. The van der Waals surface area contributed by atoms with Crippen molar-refractivity contribution in [3.63, 3.8) is 0 Å². The Morgan fingerprint density at radius 3 is 2.11 bits per heavy atom. The summed E-state index contributed by atoms with van der Waals surface area (Å²) < 4.78 is 0. The lowest BCUT2D eigenvalue weighted by Crippen LogP contribution is -2.51. The third kappa shape index (κ3) is 2.17. The van der Waals surface area contributed by atoms with Crippen LogP contribution >= 0.6 is 11.6 Å². The lowest BCUT2D eigenvalue weighted by atomic mass is 9.51. The normalized spacial score (nSPS) is 42.9. The van der Waals surface area contributed by atoms with Crippen molar-refractivity contribution in [2.75, 3.05) is 13.6 Å². The van der Waals surface area contributed by atoms with E-state index in [1.54, 1.807) is 0 Å². The van der Waals surface area contributed by atoms with Gasteiger partial charge >= 0.3 is 0 Å². The number of hydrogen-bond acceptors (Lipinski definition) is 1. The first-order valence-electron chi connectivity index (χ1n) is 7.43. The fourth-order valence-corrected chi connectivity index (χ4v) is 5.26. The van der Waals surface area contributed by atoms with Gasteiger partial charge in [0.05, 0.1) is 0 Å². The topological polar surface area (TPSA) is 20.3 Å². The molecular formula is C15H24ClNO. The van der Waals surface area contributed by atoms with Crippen LogP contribution in [0.4, 0.5) is 0 Å². The first kappa shape index (κ1) is 12.8. The monoisotopic (exact) mass is 269 g/mol. The van der Waals surface area contributed by atoms with Gasteiger partial charge in [-0.05, 0) is 62.7 Å². The van der Waals surface area contributed by atoms with Gasteiger partial charge in [-0.2, -0.15) is 0 Å². The lowest BCUT2D eigenvalue weighted by Gasteiger charge is -2.54. The molecule has 1 amide bonds.